The van der Waals surface area contributed by atoms with E-state index in [1.54, 1.807) is 18.2 Å². The number of benzene rings is 1. The van der Waals surface area contributed by atoms with Gasteiger partial charge in [0.25, 0.3) is 5.91 Å². The molecule has 1 saturated carbocycles. The molecule has 0 saturated heterocycles. The number of hydrogen-bond acceptors (Lipinski definition) is 3. The number of amides is 1. The lowest BCUT2D eigenvalue weighted by Crippen LogP contribution is -2.46. The molecule has 2 rings (SSSR count). The maximum atomic E-state index is 12.1. The van der Waals surface area contributed by atoms with Crippen LogP contribution in [0.1, 0.15) is 23.2 Å². The highest BCUT2D eigenvalue weighted by Gasteiger charge is 2.35. The maximum Gasteiger partial charge on any atom is 0.251 e. The Balaban J connectivity index is 2.15. The van der Waals surface area contributed by atoms with E-state index in [9.17, 15) is 4.79 Å². The van der Waals surface area contributed by atoms with Crippen LogP contribution in [-0.4, -0.2) is 23.0 Å². The van der Waals surface area contributed by atoms with Crippen LogP contribution < -0.4 is 11.1 Å². The Morgan fingerprint density at radius 3 is 2.74 bits per heavy atom. The van der Waals surface area contributed by atoms with Gasteiger partial charge in [-0.15, -0.1) is 0 Å². The minimum absolute atomic E-state index is 0.0249. The van der Waals surface area contributed by atoms with E-state index < -0.39 is 6.04 Å². The molecule has 1 atom stereocenters. The molecule has 7 heteroatoms. The highest BCUT2D eigenvalue weighted by atomic mass is 79.9. The van der Waals surface area contributed by atoms with Gasteiger partial charge in [0.15, 0.2) is 5.84 Å². The Morgan fingerprint density at radius 2 is 2.21 bits per heavy atom. The van der Waals surface area contributed by atoms with Crippen molar-refractivity contribution in [3.63, 3.8) is 0 Å². The molecule has 5 nitrogen and oxygen atoms in total. The average molecular weight is 347 g/mol. The summed E-state index contributed by atoms with van der Waals surface area (Å²) in [5.74, 6) is -0.0360. The lowest BCUT2D eigenvalue weighted by atomic mass is 10.1. The molecular weight excluding hydrogens is 334 g/mol. The van der Waals surface area contributed by atoms with Crippen LogP contribution in [0.3, 0.4) is 0 Å². The van der Waals surface area contributed by atoms with Gasteiger partial charge >= 0.3 is 0 Å². The van der Waals surface area contributed by atoms with Crippen LogP contribution in [0.15, 0.2) is 27.8 Å². The molecular formula is C12H13BrClN3O2. The number of rotatable bonds is 4. The highest BCUT2D eigenvalue weighted by Crippen LogP contribution is 2.33. The van der Waals surface area contributed by atoms with Crippen molar-refractivity contribution in [2.24, 2.45) is 16.8 Å². The van der Waals surface area contributed by atoms with Gasteiger partial charge in [-0.3, -0.25) is 4.79 Å². The van der Waals surface area contributed by atoms with Gasteiger partial charge in [-0.2, -0.15) is 0 Å². The summed E-state index contributed by atoms with van der Waals surface area (Å²) < 4.78 is 0.719. The number of carbonyl (C=O) groups excluding carboxylic acids is 1. The molecule has 0 spiro atoms. The zero-order valence-corrected chi connectivity index (χ0v) is 12.3. The zero-order chi connectivity index (χ0) is 14.0. The van der Waals surface area contributed by atoms with Gasteiger partial charge in [0.05, 0.1) is 6.04 Å². The summed E-state index contributed by atoms with van der Waals surface area (Å²) in [6.45, 7) is 0. The van der Waals surface area contributed by atoms with E-state index in [1.165, 1.54) is 0 Å². The number of hydrogen-bond donors (Lipinski definition) is 3. The van der Waals surface area contributed by atoms with Gasteiger partial charge in [0, 0.05) is 15.1 Å². The number of amidine groups is 1. The van der Waals surface area contributed by atoms with Crippen molar-refractivity contribution < 1.29 is 10.0 Å². The smallest absolute Gasteiger partial charge is 0.251 e. The van der Waals surface area contributed by atoms with Crippen molar-refractivity contribution >= 4 is 39.3 Å². The van der Waals surface area contributed by atoms with Crippen molar-refractivity contribution in [2.45, 2.75) is 18.9 Å². The van der Waals surface area contributed by atoms with E-state index >= 15 is 0 Å². The second-order valence-corrected chi connectivity index (χ2v) is 5.82. The normalized spacial score (nSPS) is 17.1. The SMILES string of the molecule is N/C(=N/O)C(NC(=O)c1cc(Cl)cc(Br)c1)C1CC1. The van der Waals surface area contributed by atoms with Gasteiger partial charge < -0.3 is 16.3 Å². The summed E-state index contributed by atoms with van der Waals surface area (Å²) in [6, 6.07) is 4.49. The predicted molar refractivity (Wildman–Crippen MR) is 76.5 cm³/mol. The van der Waals surface area contributed by atoms with E-state index in [2.05, 4.69) is 26.4 Å². The second-order valence-electron chi connectivity index (χ2n) is 4.47. The summed E-state index contributed by atoms with van der Waals surface area (Å²) in [5.41, 5.74) is 6.02. The van der Waals surface area contributed by atoms with Gasteiger partial charge in [0.1, 0.15) is 0 Å². The van der Waals surface area contributed by atoms with Crippen molar-refractivity contribution in [1.29, 1.82) is 0 Å². The molecule has 19 heavy (non-hydrogen) atoms. The zero-order valence-electron chi connectivity index (χ0n) is 9.94. The van der Waals surface area contributed by atoms with Crippen LogP contribution in [0.5, 0.6) is 0 Å². The predicted octanol–water partition coefficient (Wildman–Crippen LogP) is 2.36. The van der Waals surface area contributed by atoms with Crippen molar-refractivity contribution in [3.05, 3.63) is 33.3 Å². The third kappa shape index (κ3) is 3.61. The summed E-state index contributed by atoms with van der Waals surface area (Å²) in [4.78, 5) is 12.1. The number of halogens is 2. The Bertz CT molecular complexity index is 511. The molecule has 0 heterocycles. The van der Waals surface area contributed by atoms with Crippen LogP contribution in [0.2, 0.25) is 5.02 Å². The largest absolute Gasteiger partial charge is 0.409 e. The molecule has 1 aromatic rings. The number of nitrogens with zero attached hydrogens (tertiary/aromatic N) is 1. The number of nitrogens with one attached hydrogen (secondary N) is 1. The van der Waals surface area contributed by atoms with Crippen LogP contribution >= 0.6 is 27.5 Å². The first-order valence-corrected chi connectivity index (χ1v) is 6.92. The second kappa shape index (κ2) is 5.79. The molecule has 1 unspecified atom stereocenters. The Kier molecular flexibility index (Phi) is 4.31. The average Bonchev–Trinajstić information content (AvgIpc) is 3.17. The highest BCUT2D eigenvalue weighted by molar-refractivity contribution is 9.10. The lowest BCUT2D eigenvalue weighted by Gasteiger charge is -2.16. The monoisotopic (exact) mass is 345 g/mol. The van der Waals surface area contributed by atoms with E-state index in [1.807, 2.05) is 0 Å². The first-order valence-electron chi connectivity index (χ1n) is 5.75. The summed E-state index contributed by atoms with van der Waals surface area (Å²) in [6.07, 6.45) is 1.92. The number of carbonyl (C=O) groups is 1. The fourth-order valence-electron chi connectivity index (χ4n) is 1.83. The Morgan fingerprint density at radius 1 is 1.53 bits per heavy atom. The first kappa shape index (κ1) is 14.1. The first-order chi connectivity index (χ1) is 9.01. The topological polar surface area (TPSA) is 87.7 Å². The summed E-state index contributed by atoms with van der Waals surface area (Å²) in [5, 5.41) is 14.9. The van der Waals surface area contributed by atoms with Crippen LogP contribution in [-0.2, 0) is 0 Å². The van der Waals surface area contributed by atoms with Crippen molar-refractivity contribution in [1.82, 2.24) is 5.32 Å². The summed E-state index contributed by atoms with van der Waals surface area (Å²) >= 11 is 9.18. The Labute approximate surface area is 123 Å². The molecule has 0 radical (unpaired) electrons. The van der Waals surface area contributed by atoms with E-state index in [4.69, 9.17) is 22.5 Å². The third-order valence-corrected chi connectivity index (χ3v) is 3.61. The van der Waals surface area contributed by atoms with Crippen LogP contribution in [0, 0.1) is 5.92 Å². The fraction of sp³-hybridized carbons (Fsp3) is 0.333. The summed E-state index contributed by atoms with van der Waals surface area (Å²) in [7, 11) is 0. The molecule has 1 aliphatic carbocycles. The van der Waals surface area contributed by atoms with Crippen molar-refractivity contribution in [3.8, 4) is 0 Å². The van der Waals surface area contributed by atoms with Gasteiger partial charge in [-0.25, -0.2) is 0 Å². The molecule has 1 aromatic carbocycles. The molecule has 0 aromatic heterocycles. The minimum atomic E-state index is -0.435. The minimum Gasteiger partial charge on any atom is -0.409 e. The molecule has 1 amide bonds. The lowest BCUT2D eigenvalue weighted by molar-refractivity contribution is 0.0943. The quantitative estimate of drug-likeness (QED) is 0.338. The van der Waals surface area contributed by atoms with Crippen LogP contribution in [0.25, 0.3) is 0 Å². The molecule has 0 bridgehead atoms. The number of nitrogens with two attached hydrogens (primary N) is 1. The standard InChI is InChI=1S/C12H13BrClN3O2/c13-8-3-7(4-9(14)5-8)12(18)16-10(6-1-2-6)11(15)17-19/h3-6,10,19H,1-2H2,(H2,15,17)(H,16,18). The molecule has 102 valence electrons. The molecule has 0 aliphatic heterocycles. The molecule has 1 fully saturated rings. The molecule has 4 N–H and O–H groups in total. The van der Waals surface area contributed by atoms with Crippen molar-refractivity contribution in [2.75, 3.05) is 0 Å². The Hall–Kier alpha value is -1.27. The van der Waals surface area contributed by atoms with Gasteiger partial charge in [-0.05, 0) is 37.0 Å². The fourth-order valence-corrected chi connectivity index (χ4v) is 2.69. The van der Waals surface area contributed by atoms with E-state index in [0.29, 0.717) is 10.6 Å². The maximum absolute atomic E-state index is 12.1. The van der Waals surface area contributed by atoms with E-state index in [-0.39, 0.29) is 17.7 Å². The van der Waals surface area contributed by atoms with Crippen LogP contribution in [0.4, 0.5) is 0 Å². The molecule has 1 aliphatic rings. The number of oxime groups is 1. The van der Waals surface area contributed by atoms with Gasteiger partial charge in [-0.1, -0.05) is 32.7 Å². The van der Waals surface area contributed by atoms with Gasteiger partial charge in [0.2, 0.25) is 0 Å². The third-order valence-electron chi connectivity index (χ3n) is 2.94. The van der Waals surface area contributed by atoms with E-state index in [0.717, 1.165) is 17.3 Å².